The molecule has 4 rings (SSSR count). The quantitative estimate of drug-likeness (QED) is 0.178. The predicted molar refractivity (Wildman–Crippen MR) is 127 cm³/mol. The number of amides is 2. The molecule has 2 aliphatic carbocycles. The van der Waals surface area contributed by atoms with E-state index in [0.717, 1.165) is 37.9 Å². The van der Waals surface area contributed by atoms with Crippen LogP contribution in [-0.2, 0) is 9.59 Å². The number of hydrogen-bond acceptors (Lipinski definition) is 4. The van der Waals surface area contributed by atoms with Crippen molar-refractivity contribution in [2.24, 2.45) is 28.7 Å². The number of unbranched alkanes of at least 4 members (excludes halogenated alkanes) is 1. The number of carbonyl (C=O) groups excluding carboxylic acids is 2. The smallest absolute Gasteiger partial charge is 0.233 e. The molecule has 2 aliphatic heterocycles. The fourth-order valence-electron chi connectivity index (χ4n) is 6.08. The minimum atomic E-state index is -0.0899. The highest BCUT2D eigenvalue weighted by Gasteiger charge is 2.58. The van der Waals surface area contributed by atoms with E-state index in [2.05, 4.69) is 46.5 Å². The second-order valence-electron chi connectivity index (χ2n) is 9.96. The molecular weight excluding hydrogens is 402 g/mol. The SMILES string of the molecule is CCNC(=NCCCN1C(=O)C2C3C=CC(C3)C2C1=O)NCCCCN1CCCCC1C. The normalized spacial score (nSPS) is 32.1. The lowest BCUT2D eigenvalue weighted by Crippen LogP contribution is -2.39. The van der Waals surface area contributed by atoms with Gasteiger partial charge in [0, 0.05) is 32.2 Å². The molecule has 2 bridgehead atoms. The van der Waals surface area contributed by atoms with E-state index in [4.69, 9.17) is 0 Å². The lowest BCUT2D eigenvalue weighted by Gasteiger charge is -2.33. The fraction of sp³-hybridized carbons (Fsp3) is 0.800. The first kappa shape index (κ1) is 23.3. The second kappa shape index (κ2) is 10.8. The van der Waals surface area contributed by atoms with Gasteiger partial charge in [-0.3, -0.25) is 19.5 Å². The Morgan fingerprint density at radius 1 is 1.03 bits per heavy atom. The number of likely N-dealkylation sites (tertiary alicyclic amines) is 2. The van der Waals surface area contributed by atoms with E-state index in [1.165, 1.54) is 43.7 Å². The highest BCUT2D eigenvalue weighted by Crippen LogP contribution is 2.52. The van der Waals surface area contributed by atoms with Gasteiger partial charge in [0.15, 0.2) is 5.96 Å². The molecule has 0 radical (unpaired) electrons. The zero-order valence-corrected chi connectivity index (χ0v) is 19.9. The number of rotatable bonds is 10. The number of hydrogen-bond donors (Lipinski definition) is 2. The first-order valence-electron chi connectivity index (χ1n) is 12.9. The molecule has 0 aromatic heterocycles. The Balaban J connectivity index is 1.15. The van der Waals surface area contributed by atoms with E-state index in [1.807, 2.05) is 0 Å². The predicted octanol–water partition coefficient (Wildman–Crippen LogP) is 2.39. The average Bonchev–Trinajstić information content (AvgIpc) is 3.47. The molecule has 2 amide bonds. The summed E-state index contributed by atoms with van der Waals surface area (Å²) in [5, 5.41) is 6.73. The molecule has 2 heterocycles. The molecule has 32 heavy (non-hydrogen) atoms. The van der Waals surface area contributed by atoms with Crippen LogP contribution in [0.5, 0.6) is 0 Å². The molecule has 0 aromatic rings. The van der Waals surface area contributed by atoms with Crippen LogP contribution in [0.3, 0.4) is 0 Å². The molecule has 7 nitrogen and oxygen atoms in total. The summed E-state index contributed by atoms with van der Waals surface area (Å²) in [6.45, 7) is 9.68. The van der Waals surface area contributed by atoms with Crippen molar-refractivity contribution < 1.29 is 9.59 Å². The summed E-state index contributed by atoms with van der Waals surface area (Å²) < 4.78 is 0. The number of imide groups is 1. The number of guanidine groups is 1. The number of nitrogens with zero attached hydrogens (tertiary/aromatic N) is 3. The molecule has 0 spiro atoms. The molecule has 5 unspecified atom stereocenters. The van der Waals surface area contributed by atoms with Crippen molar-refractivity contribution in [2.45, 2.75) is 64.8 Å². The van der Waals surface area contributed by atoms with Gasteiger partial charge in [-0.1, -0.05) is 18.6 Å². The van der Waals surface area contributed by atoms with Gasteiger partial charge in [0.05, 0.1) is 11.8 Å². The summed E-state index contributed by atoms with van der Waals surface area (Å²) in [5.74, 6) is 1.32. The van der Waals surface area contributed by atoms with Crippen LogP contribution in [-0.4, -0.2) is 72.9 Å². The van der Waals surface area contributed by atoms with Crippen LogP contribution in [0.4, 0.5) is 0 Å². The van der Waals surface area contributed by atoms with Crippen molar-refractivity contribution >= 4 is 17.8 Å². The summed E-state index contributed by atoms with van der Waals surface area (Å²) >= 11 is 0. The van der Waals surface area contributed by atoms with Gasteiger partial charge in [0.2, 0.25) is 11.8 Å². The van der Waals surface area contributed by atoms with Crippen molar-refractivity contribution in [3.8, 4) is 0 Å². The first-order chi connectivity index (χ1) is 15.6. The molecule has 0 aromatic carbocycles. The molecule has 178 valence electrons. The standard InChI is InChI=1S/C25H41N5O2/c1-3-26-25(27-12-5-7-15-29-14-6-4-9-18(29)2)28-13-8-16-30-23(31)21-19-10-11-20(17-19)22(21)24(30)32/h10-11,18-22H,3-9,12-17H2,1-2H3,(H2,26,27,28). The number of nitrogens with one attached hydrogen (secondary N) is 2. The van der Waals surface area contributed by atoms with Crippen molar-refractivity contribution in [1.82, 2.24) is 20.4 Å². The van der Waals surface area contributed by atoms with Crippen LogP contribution in [0.1, 0.15) is 58.8 Å². The van der Waals surface area contributed by atoms with E-state index >= 15 is 0 Å². The van der Waals surface area contributed by atoms with Gasteiger partial charge in [-0.25, -0.2) is 0 Å². The highest BCUT2D eigenvalue weighted by atomic mass is 16.2. The Hall–Kier alpha value is -1.89. The number of fused-ring (bicyclic) bond motifs is 5. The zero-order chi connectivity index (χ0) is 22.5. The van der Waals surface area contributed by atoms with Crippen LogP contribution < -0.4 is 10.6 Å². The average molecular weight is 444 g/mol. The van der Waals surface area contributed by atoms with Gasteiger partial charge in [-0.05, 0) is 77.3 Å². The largest absolute Gasteiger partial charge is 0.357 e. The summed E-state index contributed by atoms with van der Waals surface area (Å²) in [4.78, 5) is 34.3. The van der Waals surface area contributed by atoms with E-state index in [0.29, 0.717) is 19.5 Å². The molecule has 4 aliphatic rings. The van der Waals surface area contributed by atoms with Crippen molar-refractivity contribution in [1.29, 1.82) is 0 Å². The number of aliphatic imine (C=N–C) groups is 1. The Bertz CT molecular complexity index is 706. The first-order valence-corrected chi connectivity index (χ1v) is 12.9. The van der Waals surface area contributed by atoms with Gasteiger partial charge in [0.25, 0.3) is 0 Å². The summed E-state index contributed by atoms with van der Waals surface area (Å²) in [7, 11) is 0. The number of piperidine rings is 1. The molecular formula is C25H41N5O2. The van der Waals surface area contributed by atoms with Gasteiger partial charge < -0.3 is 15.5 Å². The van der Waals surface area contributed by atoms with E-state index in [1.54, 1.807) is 0 Å². The Labute approximate surface area is 193 Å². The van der Waals surface area contributed by atoms with Crippen LogP contribution in [0.2, 0.25) is 0 Å². The number of allylic oxidation sites excluding steroid dienone is 2. The molecule has 2 saturated heterocycles. The maximum Gasteiger partial charge on any atom is 0.233 e. The maximum atomic E-state index is 12.8. The Morgan fingerprint density at radius 3 is 2.47 bits per heavy atom. The van der Waals surface area contributed by atoms with Gasteiger partial charge in [0.1, 0.15) is 0 Å². The monoisotopic (exact) mass is 443 g/mol. The molecule has 3 fully saturated rings. The number of carbonyl (C=O) groups is 2. The topological polar surface area (TPSA) is 77.0 Å². The van der Waals surface area contributed by atoms with E-state index in [-0.39, 0.29) is 35.5 Å². The van der Waals surface area contributed by atoms with Crippen molar-refractivity contribution in [2.75, 3.05) is 39.3 Å². The summed E-state index contributed by atoms with van der Waals surface area (Å²) in [6.07, 6.45) is 12.4. The lowest BCUT2D eigenvalue weighted by molar-refractivity contribution is -0.140. The molecule has 1 saturated carbocycles. The highest BCUT2D eigenvalue weighted by molar-refractivity contribution is 6.06. The zero-order valence-electron chi connectivity index (χ0n) is 19.9. The van der Waals surface area contributed by atoms with E-state index < -0.39 is 0 Å². The van der Waals surface area contributed by atoms with Crippen LogP contribution in [0, 0.1) is 23.7 Å². The van der Waals surface area contributed by atoms with E-state index in [9.17, 15) is 9.59 Å². The molecule has 2 N–H and O–H groups in total. The van der Waals surface area contributed by atoms with Crippen LogP contribution >= 0.6 is 0 Å². The van der Waals surface area contributed by atoms with Crippen LogP contribution in [0.25, 0.3) is 0 Å². The Morgan fingerprint density at radius 2 is 1.78 bits per heavy atom. The third-order valence-corrected chi connectivity index (χ3v) is 7.82. The summed E-state index contributed by atoms with van der Waals surface area (Å²) in [6, 6.07) is 0.732. The second-order valence-corrected chi connectivity index (χ2v) is 9.96. The van der Waals surface area contributed by atoms with Crippen LogP contribution in [0.15, 0.2) is 17.1 Å². The maximum absolute atomic E-state index is 12.8. The third-order valence-electron chi connectivity index (χ3n) is 7.82. The fourth-order valence-corrected chi connectivity index (χ4v) is 6.08. The lowest BCUT2D eigenvalue weighted by atomic mass is 9.85. The Kier molecular flexibility index (Phi) is 7.87. The van der Waals surface area contributed by atoms with Gasteiger partial charge in [-0.2, -0.15) is 0 Å². The minimum absolute atomic E-state index is 0.0499. The molecule has 7 heteroatoms. The van der Waals surface area contributed by atoms with Crippen molar-refractivity contribution in [3.05, 3.63) is 12.2 Å². The van der Waals surface area contributed by atoms with Gasteiger partial charge >= 0.3 is 0 Å². The molecule has 5 atom stereocenters. The third kappa shape index (κ3) is 5.03. The van der Waals surface area contributed by atoms with Gasteiger partial charge in [-0.15, -0.1) is 0 Å². The minimum Gasteiger partial charge on any atom is -0.357 e. The van der Waals surface area contributed by atoms with Crippen molar-refractivity contribution in [3.63, 3.8) is 0 Å². The summed E-state index contributed by atoms with van der Waals surface area (Å²) in [5.41, 5.74) is 0.